The van der Waals surface area contributed by atoms with Gasteiger partial charge in [-0.3, -0.25) is 4.79 Å². The fourth-order valence-corrected chi connectivity index (χ4v) is 3.78. The average molecular weight is 368 g/mol. The number of likely N-dealkylation sites (tertiary alicyclic amines) is 1. The predicted octanol–water partition coefficient (Wildman–Crippen LogP) is 2.72. The number of hydrogen-bond acceptors (Lipinski definition) is 4. The SMILES string of the molecule is NCCCOC1CCN(C(=O)c2cnn(-c3ccccc3)c2C2CC2)CC1. The second-order valence-electron chi connectivity index (χ2n) is 7.47. The number of carbonyl (C=O) groups excluding carboxylic acids is 1. The van der Waals surface area contributed by atoms with Gasteiger partial charge in [-0.05, 0) is 50.8 Å². The van der Waals surface area contributed by atoms with E-state index in [9.17, 15) is 4.79 Å². The van der Waals surface area contributed by atoms with Crippen molar-refractivity contribution in [2.24, 2.45) is 5.73 Å². The molecule has 1 saturated carbocycles. The number of nitrogens with zero attached hydrogens (tertiary/aromatic N) is 3. The highest BCUT2D eigenvalue weighted by Crippen LogP contribution is 2.42. The normalized spacial score (nSPS) is 18.0. The third kappa shape index (κ3) is 4.06. The van der Waals surface area contributed by atoms with Crippen LogP contribution in [-0.2, 0) is 4.74 Å². The van der Waals surface area contributed by atoms with E-state index in [1.165, 1.54) is 0 Å². The van der Waals surface area contributed by atoms with Gasteiger partial charge in [-0.25, -0.2) is 4.68 Å². The molecule has 1 amide bonds. The quantitative estimate of drug-likeness (QED) is 0.763. The first-order chi connectivity index (χ1) is 13.3. The first kappa shape index (κ1) is 18.2. The Morgan fingerprint density at radius 1 is 1.15 bits per heavy atom. The zero-order chi connectivity index (χ0) is 18.6. The van der Waals surface area contributed by atoms with Crippen molar-refractivity contribution in [1.82, 2.24) is 14.7 Å². The summed E-state index contributed by atoms with van der Waals surface area (Å²) in [7, 11) is 0. The molecule has 2 aliphatic rings. The molecule has 0 bridgehead atoms. The zero-order valence-corrected chi connectivity index (χ0v) is 15.7. The Labute approximate surface area is 160 Å². The largest absolute Gasteiger partial charge is 0.378 e. The molecule has 2 aromatic rings. The summed E-state index contributed by atoms with van der Waals surface area (Å²) in [5.74, 6) is 0.559. The molecule has 0 atom stereocenters. The first-order valence-corrected chi connectivity index (χ1v) is 10.0. The van der Waals surface area contributed by atoms with Crippen molar-refractivity contribution in [3.8, 4) is 5.69 Å². The van der Waals surface area contributed by atoms with Crippen molar-refractivity contribution in [2.45, 2.75) is 44.1 Å². The number of amides is 1. The molecule has 4 rings (SSSR count). The van der Waals surface area contributed by atoms with Gasteiger partial charge in [0.15, 0.2) is 0 Å². The number of hydrogen-bond donors (Lipinski definition) is 1. The van der Waals surface area contributed by atoms with E-state index < -0.39 is 0 Å². The molecule has 0 unspecified atom stereocenters. The van der Waals surface area contributed by atoms with Crippen molar-refractivity contribution in [2.75, 3.05) is 26.2 Å². The minimum atomic E-state index is 0.111. The Hall–Kier alpha value is -2.18. The van der Waals surface area contributed by atoms with E-state index >= 15 is 0 Å². The number of ether oxygens (including phenoxy) is 1. The van der Waals surface area contributed by atoms with Gasteiger partial charge in [0, 0.05) is 25.6 Å². The first-order valence-electron chi connectivity index (χ1n) is 10.0. The second kappa shape index (κ2) is 8.23. The molecule has 0 spiro atoms. The predicted molar refractivity (Wildman–Crippen MR) is 104 cm³/mol. The van der Waals surface area contributed by atoms with Gasteiger partial charge in [0.1, 0.15) is 0 Å². The van der Waals surface area contributed by atoms with Gasteiger partial charge < -0.3 is 15.4 Å². The minimum absolute atomic E-state index is 0.111. The summed E-state index contributed by atoms with van der Waals surface area (Å²) in [5.41, 5.74) is 8.38. The Morgan fingerprint density at radius 2 is 1.89 bits per heavy atom. The highest BCUT2D eigenvalue weighted by atomic mass is 16.5. The topological polar surface area (TPSA) is 73.4 Å². The lowest BCUT2D eigenvalue weighted by atomic mass is 10.1. The van der Waals surface area contributed by atoms with Crippen molar-refractivity contribution in [3.05, 3.63) is 47.8 Å². The van der Waals surface area contributed by atoms with Gasteiger partial charge in [0.25, 0.3) is 5.91 Å². The van der Waals surface area contributed by atoms with Gasteiger partial charge >= 0.3 is 0 Å². The molecule has 2 fully saturated rings. The fraction of sp³-hybridized carbons (Fsp3) is 0.524. The summed E-state index contributed by atoms with van der Waals surface area (Å²) in [5, 5.41) is 4.56. The van der Waals surface area contributed by atoms with Crippen LogP contribution in [0.2, 0.25) is 0 Å². The standard InChI is InChI=1S/C21H28N4O2/c22-11-4-14-27-18-9-12-24(13-10-18)21(26)19-15-23-25(20(19)16-7-8-16)17-5-2-1-3-6-17/h1-3,5-6,15-16,18H,4,7-14,22H2. The summed E-state index contributed by atoms with van der Waals surface area (Å²) in [6.45, 7) is 2.86. The molecule has 2 N–H and O–H groups in total. The maximum Gasteiger partial charge on any atom is 0.257 e. The average Bonchev–Trinajstić information content (AvgIpc) is 3.46. The van der Waals surface area contributed by atoms with Gasteiger partial charge in [0.05, 0.1) is 29.2 Å². The monoisotopic (exact) mass is 368 g/mol. The van der Waals surface area contributed by atoms with Crippen molar-refractivity contribution in [3.63, 3.8) is 0 Å². The Kier molecular flexibility index (Phi) is 5.55. The minimum Gasteiger partial charge on any atom is -0.378 e. The molecule has 1 aromatic carbocycles. The number of nitrogens with two attached hydrogens (primary N) is 1. The highest BCUT2D eigenvalue weighted by molar-refractivity contribution is 5.95. The smallest absolute Gasteiger partial charge is 0.257 e. The van der Waals surface area contributed by atoms with E-state index in [2.05, 4.69) is 5.10 Å². The summed E-state index contributed by atoms with van der Waals surface area (Å²) in [4.78, 5) is 15.1. The van der Waals surface area contributed by atoms with E-state index in [1.54, 1.807) is 6.20 Å². The third-order valence-corrected chi connectivity index (χ3v) is 5.43. The Morgan fingerprint density at radius 3 is 2.56 bits per heavy atom. The van der Waals surface area contributed by atoms with Crippen molar-refractivity contribution >= 4 is 5.91 Å². The number of benzene rings is 1. The van der Waals surface area contributed by atoms with E-state index in [0.717, 1.165) is 62.1 Å². The molecule has 0 radical (unpaired) electrons. The number of aromatic nitrogens is 2. The van der Waals surface area contributed by atoms with Crippen LogP contribution in [-0.4, -0.2) is 52.9 Å². The second-order valence-corrected chi connectivity index (χ2v) is 7.47. The molecule has 1 aromatic heterocycles. The van der Waals surface area contributed by atoms with Crippen LogP contribution in [0, 0.1) is 0 Å². The number of carbonyl (C=O) groups is 1. The van der Waals surface area contributed by atoms with Crippen LogP contribution in [0.25, 0.3) is 5.69 Å². The number of rotatable bonds is 7. The van der Waals surface area contributed by atoms with Gasteiger partial charge in [0.2, 0.25) is 0 Å². The van der Waals surface area contributed by atoms with Gasteiger partial charge in [-0.15, -0.1) is 0 Å². The van der Waals surface area contributed by atoms with E-state index in [-0.39, 0.29) is 12.0 Å². The molecular weight excluding hydrogens is 340 g/mol. The molecule has 144 valence electrons. The van der Waals surface area contributed by atoms with Crippen LogP contribution in [0.15, 0.2) is 36.5 Å². The molecule has 6 heteroatoms. The Balaban J connectivity index is 1.46. The lowest BCUT2D eigenvalue weighted by molar-refractivity contribution is 0.00842. The molecule has 27 heavy (non-hydrogen) atoms. The molecule has 6 nitrogen and oxygen atoms in total. The van der Waals surface area contributed by atoms with E-state index in [4.69, 9.17) is 10.5 Å². The molecular formula is C21H28N4O2. The highest BCUT2D eigenvalue weighted by Gasteiger charge is 2.35. The molecule has 1 aliphatic carbocycles. The zero-order valence-electron chi connectivity index (χ0n) is 15.7. The van der Waals surface area contributed by atoms with Crippen LogP contribution < -0.4 is 5.73 Å². The van der Waals surface area contributed by atoms with Crippen LogP contribution in [0.1, 0.15) is 54.1 Å². The molecule has 2 heterocycles. The fourth-order valence-electron chi connectivity index (χ4n) is 3.78. The van der Waals surface area contributed by atoms with E-state index in [1.807, 2.05) is 39.9 Å². The van der Waals surface area contributed by atoms with Crippen LogP contribution in [0.5, 0.6) is 0 Å². The Bertz CT molecular complexity index is 762. The van der Waals surface area contributed by atoms with Gasteiger partial charge in [-0.1, -0.05) is 18.2 Å². The van der Waals surface area contributed by atoms with Crippen molar-refractivity contribution < 1.29 is 9.53 Å². The van der Waals surface area contributed by atoms with Gasteiger partial charge in [-0.2, -0.15) is 5.10 Å². The third-order valence-electron chi connectivity index (χ3n) is 5.43. The van der Waals surface area contributed by atoms with E-state index in [0.29, 0.717) is 19.1 Å². The lowest BCUT2D eigenvalue weighted by Gasteiger charge is -2.32. The van der Waals surface area contributed by atoms with Crippen molar-refractivity contribution in [1.29, 1.82) is 0 Å². The maximum atomic E-state index is 13.2. The van der Waals surface area contributed by atoms with Crippen LogP contribution >= 0.6 is 0 Å². The number of piperidine rings is 1. The lowest BCUT2D eigenvalue weighted by Crippen LogP contribution is -2.41. The molecule has 1 saturated heterocycles. The summed E-state index contributed by atoms with van der Waals surface area (Å²) in [6.07, 6.45) is 6.95. The summed E-state index contributed by atoms with van der Waals surface area (Å²) < 4.78 is 7.81. The molecule has 1 aliphatic heterocycles. The van der Waals surface area contributed by atoms with Crippen LogP contribution in [0.4, 0.5) is 0 Å². The van der Waals surface area contributed by atoms with Crippen LogP contribution in [0.3, 0.4) is 0 Å². The summed E-state index contributed by atoms with van der Waals surface area (Å²) in [6, 6.07) is 10.1. The maximum absolute atomic E-state index is 13.2. The number of para-hydroxylation sites is 1. The summed E-state index contributed by atoms with van der Waals surface area (Å²) >= 11 is 0.